The van der Waals surface area contributed by atoms with Crippen molar-refractivity contribution >= 4 is 28.8 Å². The summed E-state index contributed by atoms with van der Waals surface area (Å²) in [5.74, 6) is 0.289. The number of hydrogen-bond donors (Lipinski definition) is 1. The second-order valence-corrected chi connectivity index (χ2v) is 4.68. The van der Waals surface area contributed by atoms with Crippen molar-refractivity contribution in [3.63, 3.8) is 0 Å². The first-order chi connectivity index (χ1) is 9.54. The summed E-state index contributed by atoms with van der Waals surface area (Å²) in [6, 6.07) is 4.73. The fourth-order valence-electron chi connectivity index (χ4n) is 2.54. The van der Waals surface area contributed by atoms with Crippen molar-refractivity contribution in [1.29, 1.82) is 0 Å². The molecule has 104 valence electrons. The van der Waals surface area contributed by atoms with E-state index in [2.05, 4.69) is 4.98 Å². The van der Waals surface area contributed by atoms with Gasteiger partial charge in [0.05, 0.1) is 19.0 Å². The Morgan fingerprint density at radius 2 is 2.15 bits per heavy atom. The minimum absolute atomic E-state index is 0.0994. The van der Waals surface area contributed by atoms with Gasteiger partial charge >= 0.3 is 0 Å². The number of carbonyl (C=O) groups excluding carboxylic acids is 2. The first kappa shape index (κ1) is 12.5. The van der Waals surface area contributed by atoms with Crippen LogP contribution < -0.4 is 10.5 Å². The van der Waals surface area contributed by atoms with E-state index in [1.807, 2.05) is 0 Å². The van der Waals surface area contributed by atoms with E-state index in [-0.39, 0.29) is 24.2 Å². The topological polar surface area (TPSA) is 90.4 Å². The maximum atomic E-state index is 12.1. The van der Waals surface area contributed by atoms with Crippen LogP contribution in [0.1, 0.15) is 12.5 Å². The molecular weight excluding hydrogens is 260 g/mol. The lowest BCUT2D eigenvalue weighted by atomic mass is 10.2. The van der Waals surface area contributed by atoms with E-state index in [0.717, 1.165) is 4.90 Å². The Bertz CT molecular complexity index is 722. The van der Waals surface area contributed by atoms with Crippen LogP contribution in [0.5, 0.6) is 5.75 Å². The predicted octanol–water partition coefficient (Wildman–Crippen LogP) is 0.557. The second kappa shape index (κ2) is 4.22. The van der Waals surface area contributed by atoms with E-state index in [4.69, 9.17) is 10.5 Å². The van der Waals surface area contributed by atoms with Gasteiger partial charge in [-0.15, -0.1) is 0 Å². The molecule has 20 heavy (non-hydrogen) atoms. The number of carbonyl (C=O) groups is 2. The van der Waals surface area contributed by atoms with E-state index in [1.165, 1.54) is 7.05 Å². The molecule has 0 aliphatic carbocycles. The van der Waals surface area contributed by atoms with Gasteiger partial charge in [0.2, 0.25) is 11.9 Å². The Labute approximate surface area is 114 Å². The number of amides is 2. The summed E-state index contributed by atoms with van der Waals surface area (Å²) in [6.45, 7) is 0. The van der Waals surface area contributed by atoms with E-state index in [9.17, 15) is 9.59 Å². The van der Waals surface area contributed by atoms with Crippen molar-refractivity contribution in [3.8, 4) is 5.75 Å². The number of nitrogens with two attached hydrogens (primary N) is 1. The highest BCUT2D eigenvalue weighted by Crippen LogP contribution is 2.33. The van der Waals surface area contributed by atoms with Crippen molar-refractivity contribution in [1.82, 2.24) is 14.5 Å². The summed E-state index contributed by atoms with van der Waals surface area (Å²) in [5, 5.41) is 0. The molecule has 2 amide bonds. The first-order valence-corrected chi connectivity index (χ1v) is 6.15. The lowest BCUT2D eigenvalue weighted by Crippen LogP contribution is -2.27. The zero-order valence-corrected chi connectivity index (χ0v) is 11.2. The third-order valence-electron chi connectivity index (χ3n) is 3.60. The molecule has 1 atom stereocenters. The monoisotopic (exact) mass is 274 g/mol. The van der Waals surface area contributed by atoms with Crippen LogP contribution in [0.4, 0.5) is 5.95 Å². The highest BCUT2D eigenvalue weighted by Gasteiger charge is 2.39. The molecule has 1 saturated heterocycles. The van der Waals surface area contributed by atoms with E-state index < -0.39 is 6.04 Å². The third kappa shape index (κ3) is 1.56. The maximum absolute atomic E-state index is 12.1. The minimum atomic E-state index is -0.635. The number of para-hydroxylation sites is 1. The average Bonchev–Trinajstić information content (AvgIpc) is 2.89. The average molecular weight is 274 g/mol. The van der Waals surface area contributed by atoms with Gasteiger partial charge in [-0.05, 0) is 12.1 Å². The third-order valence-corrected chi connectivity index (χ3v) is 3.60. The van der Waals surface area contributed by atoms with E-state index >= 15 is 0 Å². The van der Waals surface area contributed by atoms with Crippen LogP contribution in [0, 0.1) is 0 Å². The minimum Gasteiger partial charge on any atom is -0.494 e. The second-order valence-electron chi connectivity index (χ2n) is 4.68. The summed E-state index contributed by atoms with van der Waals surface area (Å²) in [6.07, 6.45) is 0.0994. The van der Waals surface area contributed by atoms with Gasteiger partial charge < -0.3 is 10.5 Å². The fourth-order valence-corrected chi connectivity index (χ4v) is 2.54. The van der Waals surface area contributed by atoms with Crippen LogP contribution in [0.15, 0.2) is 18.2 Å². The Morgan fingerprint density at radius 3 is 2.75 bits per heavy atom. The molecule has 1 aliphatic rings. The van der Waals surface area contributed by atoms with Gasteiger partial charge in [0, 0.05) is 7.05 Å². The smallest absolute Gasteiger partial charge is 0.252 e. The molecule has 1 unspecified atom stereocenters. The molecule has 1 aromatic carbocycles. The number of rotatable bonds is 2. The highest BCUT2D eigenvalue weighted by atomic mass is 16.5. The molecule has 0 saturated carbocycles. The number of imidazole rings is 1. The van der Waals surface area contributed by atoms with Crippen LogP contribution >= 0.6 is 0 Å². The molecule has 1 aliphatic heterocycles. The van der Waals surface area contributed by atoms with Crippen molar-refractivity contribution in [2.75, 3.05) is 19.9 Å². The normalized spacial score (nSPS) is 19.1. The number of ether oxygens (including phenoxy) is 1. The molecule has 3 rings (SSSR count). The van der Waals surface area contributed by atoms with Gasteiger partial charge in [-0.25, -0.2) is 4.98 Å². The molecular formula is C13H14N4O3. The van der Waals surface area contributed by atoms with Crippen LogP contribution in [0.25, 0.3) is 11.0 Å². The number of benzene rings is 1. The SMILES string of the molecule is COc1cccc2c1nc(N)n2C1CC(=O)N(C)C1=O. The lowest BCUT2D eigenvalue weighted by molar-refractivity contribution is -0.137. The van der Waals surface area contributed by atoms with Crippen LogP contribution in [0.2, 0.25) is 0 Å². The molecule has 2 heterocycles. The quantitative estimate of drug-likeness (QED) is 0.808. The largest absolute Gasteiger partial charge is 0.494 e. The predicted molar refractivity (Wildman–Crippen MR) is 72.1 cm³/mol. The summed E-state index contributed by atoms with van der Waals surface area (Å²) < 4.78 is 6.83. The maximum Gasteiger partial charge on any atom is 0.252 e. The molecule has 1 fully saturated rings. The molecule has 2 aromatic rings. The van der Waals surface area contributed by atoms with Crippen LogP contribution in [0.3, 0.4) is 0 Å². The van der Waals surface area contributed by atoms with Gasteiger partial charge in [0.1, 0.15) is 17.3 Å². The molecule has 0 spiro atoms. The molecule has 7 heteroatoms. The lowest BCUT2D eigenvalue weighted by Gasteiger charge is -2.13. The summed E-state index contributed by atoms with van der Waals surface area (Å²) in [5.41, 5.74) is 7.19. The molecule has 0 bridgehead atoms. The Balaban J connectivity index is 2.20. The van der Waals surface area contributed by atoms with Gasteiger partial charge in [0.15, 0.2) is 0 Å². The zero-order chi connectivity index (χ0) is 14.4. The highest BCUT2D eigenvalue weighted by molar-refractivity contribution is 6.05. The number of aromatic nitrogens is 2. The summed E-state index contributed by atoms with van der Waals surface area (Å²) in [7, 11) is 3.02. The molecule has 1 aromatic heterocycles. The first-order valence-electron chi connectivity index (χ1n) is 6.15. The number of likely N-dealkylation sites (N-methyl/N-ethyl adjacent to an activating group) is 1. The van der Waals surface area contributed by atoms with E-state index in [1.54, 1.807) is 29.9 Å². The van der Waals surface area contributed by atoms with Crippen LogP contribution in [-0.2, 0) is 9.59 Å². The van der Waals surface area contributed by atoms with Crippen molar-refractivity contribution in [2.45, 2.75) is 12.5 Å². The number of fused-ring (bicyclic) bond motifs is 1. The summed E-state index contributed by atoms with van der Waals surface area (Å²) in [4.78, 5) is 29.2. The van der Waals surface area contributed by atoms with Crippen molar-refractivity contribution in [2.24, 2.45) is 0 Å². The number of likely N-dealkylation sites (tertiary alicyclic amines) is 1. The number of nitrogens with zero attached hydrogens (tertiary/aromatic N) is 3. The van der Waals surface area contributed by atoms with Crippen LogP contribution in [-0.4, -0.2) is 40.4 Å². The summed E-state index contributed by atoms with van der Waals surface area (Å²) >= 11 is 0. The number of methoxy groups -OCH3 is 1. The number of nitrogen functional groups attached to an aromatic ring is 1. The number of imide groups is 1. The van der Waals surface area contributed by atoms with E-state index in [0.29, 0.717) is 16.8 Å². The number of hydrogen-bond acceptors (Lipinski definition) is 5. The molecule has 0 radical (unpaired) electrons. The van der Waals surface area contributed by atoms with Crippen molar-refractivity contribution in [3.05, 3.63) is 18.2 Å². The molecule has 2 N–H and O–H groups in total. The van der Waals surface area contributed by atoms with Gasteiger partial charge in [0.25, 0.3) is 5.91 Å². The standard InChI is InChI=1S/C13H14N4O3/c1-16-10(18)6-8(12(16)19)17-7-4-3-5-9(20-2)11(7)15-13(17)14/h3-5,8H,6H2,1-2H3,(H2,14,15). The zero-order valence-electron chi connectivity index (χ0n) is 11.2. The number of anilines is 1. The van der Waals surface area contributed by atoms with Gasteiger partial charge in [-0.3, -0.25) is 19.1 Å². The molecule has 7 nitrogen and oxygen atoms in total. The Morgan fingerprint density at radius 1 is 1.40 bits per heavy atom. The van der Waals surface area contributed by atoms with Gasteiger partial charge in [-0.1, -0.05) is 6.07 Å². The Hall–Kier alpha value is -2.57. The fraction of sp³-hybridized carbons (Fsp3) is 0.308. The van der Waals surface area contributed by atoms with Crippen molar-refractivity contribution < 1.29 is 14.3 Å². The van der Waals surface area contributed by atoms with Gasteiger partial charge in [-0.2, -0.15) is 0 Å². The Kier molecular flexibility index (Phi) is 2.63.